The van der Waals surface area contributed by atoms with Gasteiger partial charge in [-0.1, -0.05) is 29.8 Å². The summed E-state index contributed by atoms with van der Waals surface area (Å²) < 4.78 is 11.9. The van der Waals surface area contributed by atoms with Crippen molar-refractivity contribution in [2.24, 2.45) is 5.41 Å². The van der Waals surface area contributed by atoms with Crippen LogP contribution in [-0.2, 0) is 4.79 Å². The SMILES string of the molecule is COc1ccc2ccc3c(c2c1)-c1ccc(Cl)cc1N1NC(=O)C(C)(C)C1O3. The van der Waals surface area contributed by atoms with Crippen LogP contribution in [0.3, 0.4) is 0 Å². The Bertz CT molecular complexity index is 1140. The number of ether oxygens (including phenoxy) is 2. The summed E-state index contributed by atoms with van der Waals surface area (Å²) in [4.78, 5) is 12.6. The number of anilines is 1. The minimum atomic E-state index is -0.732. The molecule has 3 aromatic carbocycles. The van der Waals surface area contributed by atoms with E-state index in [0.717, 1.165) is 39.1 Å². The number of benzene rings is 3. The van der Waals surface area contributed by atoms with Gasteiger partial charge in [-0.2, -0.15) is 0 Å². The topological polar surface area (TPSA) is 50.8 Å². The molecule has 6 heteroatoms. The first-order valence-corrected chi connectivity index (χ1v) is 9.45. The summed E-state index contributed by atoms with van der Waals surface area (Å²) >= 11 is 6.32. The van der Waals surface area contributed by atoms with Crippen LogP contribution < -0.4 is 19.9 Å². The molecule has 28 heavy (non-hydrogen) atoms. The Morgan fingerprint density at radius 1 is 1.14 bits per heavy atom. The molecule has 0 bridgehead atoms. The second kappa shape index (κ2) is 5.79. The third-order valence-corrected chi connectivity index (χ3v) is 5.81. The van der Waals surface area contributed by atoms with Crippen molar-refractivity contribution in [3.8, 4) is 22.6 Å². The van der Waals surface area contributed by atoms with Crippen molar-refractivity contribution in [2.75, 3.05) is 12.1 Å². The van der Waals surface area contributed by atoms with Crippen LogP contribution in [0.2, 0.25) is 5.02 Å². The van der Waals surface area contributed by atoms with Gasteiger partial charge in [0.05, 0.1) is 12.8 Å². The summed E-state index contributed by atoms with van der Waals surface area (Å²) in [6.45, 7) is 3.76. The molecule has 3 aromatic rings. The third kappa shape index (κ3) is 2.29. The van der Waals surface area contributed by atoms with Crippen molar-refractivity contribution in [3.63, 3.8) is 0 Å². The van der Waals surface area contributed by atoms with Gasteiger partial charge in [-0.3, -0.25) is 10.2 Å². The fourth-order valence-electron chi connectivity index (χ4n) is 3.95. The molecule has 0 spiro atoms. The van der Waals surface area contributed by atoms with E-state index in [4.69, 9.17) is 21.1 Å². The quantitative estimate of drug-likeness (QED) is 0.646. The van der Waals surface area contributed by atoms with Crippen molar-refractivity contribution in [1.29, 1.82) is 0 Å². The Hall–Kier alpha value is -2.92. The monoisotopic (exact) mass is 394 g/mol. The average Bonchev–Trinajstić information content (AvgIpc) is 2.83. The van der Waals surface area contributed by atoms with Crippen LogP contribution >= 0.6 is 11.6 Å². The molecule has 1 saturated heterocycles. The van der Waals surface area contributed by atoms with Crippen molar-refractivity contribution >= 4 is 34.0 Å². The van der Waals surface area contributed by atoms with Crippen LogP contribution in [0.25, 0.3) is 21.9 Å². The number of amides is 1. The highest BCUT2D eigenvalue weighted by Crippen LogP contribution is 2.49. The van der Waals surface area contributed by atoms with E-state index in [9.17, 15) is 4.79 Å². The first-order chi connectivity index (χ1) is 13.4. The largest absolute Gasteiger partial charge is 0.497 e. The van der Waals surface area contributed by atoms with E-state index >= 15 is 0 Å². The molecule has 1 unspecified atom stereocenters. The highest BCUT2D eigenvalue weighted by atomic mass is 35.5. The van der Waals surface area contributed by atoms with Crippen LogP contribution in [-0.4, -0.2) is 19.2 Å². The first-order valence-electron chi connectivity index (χ1n) is 9.08. The number of nitrogens with zero attached hydrogens (tertiary/aromatic N) is 1. The van der Waals surface area contributed by atoms with E-state index < -0.39 is 11.6 Å². The van der Waals surface area contributed by atoms with Gasteiger partial charge >= 0.3 is 0 Å². The Kier molecular flexibility index (Phi) is 3.55. The molecule has 0 saturated carbocycles. The molecule has 1 atom stereocenters. The van der Waals surface area contributed by atoms with E-state index in [-0.39, 0.29) is 5.91 Å². The van der Waals surface area contributed by atoms with Crippen LogP contribution in [0.5, 0.6) is 11.5 Å². The summed E-state index contributed by atoms with van der Waals surface area (Å²) in [5.41, 5.74) is 4.94. The first kappa shape index (κ1) is 17.2. The van der Waals surface area contributed by atoms with Crippen LogP contribution in [0.4, 0.5) is 5.69 Å². The number of carbonyl (C=O) groups excluding carboxylic acids is 1. The molecule has 2 heterocycles. The van der Waals surface area contributed by atoms with Crippen molar-refractivity contribution in [2.45, 2.75) is 20.1 Å². The number of fused-ring (bicyclic) bond motifs is 7. The maximum absolute atomic E-state index is 12.6. The molecule has 5 rings (SSSR count). The van der Waals surface area contributed by atoms with Gasteiger partial charge in [-0.15, -0.1) is 0 Å². The molecule has 1 amide bonds. The average molecular weight is 395 g/mol. The Morgan fingerprint density at radius 3 is 2.71 bits per heavy atom. The lowest BCUT2D eigenvalue weighted by molar-refractivity contribution is -0.128. The van der Waals surface area contributed by atoms with Gasteiger partial charge in [0.1, 0.15) is 16.9 Å². The minimum absolute atomic E-state index is 0.0886. The maximum atomic E-state index is 12.6. The zero-order chi connectivity index (χ0) is 19.6. The van der Waals surface area contributed by atoms with E-state index in [1.807, 2.05) is 62.4 Å². The van der Waals surface area contributed by atoms with Gasteiger partial charge in [-0.25, -0.2) is 5.01 Å². The maximum Gasteiger partial charge on any atom is 0.250 e. The van der Waals surface area contributed by atoms with Gasteiger partial charge in [0.15, 0.2) is 0 Å². The molecule has 2 aliphatic rings. The molecular weight excluding hydrogens is 376 g/mol. The van der Waals surface area contributed by atoms with Gasteiger partial charge in [0.25, 0.3) is 0 Å². The summed E-state index contributed by atoms with van der Waals surface area (Å²) in [7, 11) is 1.65. The lowest BCUT2D eigenvalue weighted by Crippen LogP contribution is -2.44. The number of rotatable bonds is 1. The number of nitrogens with one attached hydrogen (secondary N) is 1. The normalized spacial score (nSPS) is 19.2. The van der Waals surface area contributed by atoms with Gasteiger partial charge in [0, 0.05) is 16.1 Å². The summed E-state index contributed by atoms with van der Waals surface area (Å²) in [6.07, 6.45) is -0.499. The van der Waals surface area contributed by atoms with Gasteiger partial charge < -0.3 is 9.47 Å². The number of methoxy groups -OCH3 is 1. The molecule has 1 N–H and O–H groups in total. The van der Waals surface area contributed by atoms with Crippen LogP contribution in [0, 0.1) is 5.41 Å². The molecule has 5 nitrogen and oxygen atoms in total. The van der Waals surface area contributed by atoms with Gasteiger partial charge in [-0.05, 0) is 55.0 Å². The predicted molar refractivity (Wildman–Crippen MR) is 110 cm³/mol. The van der Waals surface area contributed by atoms with E-state index in [1.165, 1.54) is 0 Å². The lowest BCUT2D eigenvalue weighted by atomic mass is 9.91. The second-order valence-corrected chi connectivity index (χ2v) is 8.13. The molecule has 0 radical (unpaired) electrons. The molecule has 0 aromatic heterocycles. The standard InChI is InChI=1S/C22H19ClN2O3/c1-22(2)20(26)24-25-17-10-13(23)6-8-15(17)19-16-11-14(27-3)7-4-12(16)5-9-18(19)28-21(22)25/h4-11,21H,1-3H3,(H,24,26). The lowest BCUT2D eigenvalue weighted by Gasteiger charge is -2.29. The Balaban J connectivity index is 1.86. The number of hydrazine groups is 1. The van der Waals surface area contributed by atoms with E-state index in [1.54, 1.807) is 12.1 Å². The highest BCUT2D eigenvalue weighted by Gasteiger charge is 2.51. The van der Waals surface area contributed by atoms with Crippen LogP contribution in [0.1, 0.15) is 13.8 Å². The third-order valence-electron chi connectivity index (χ3n) is 5.58. The minimum Gasteiger partial charge on any atom is -0.497 e. The number of hydrogen-bond donors (Lipinski definition) is 1. The smallest absolute Gasteiger partial charge is 0.250 e. The molecular formula is C22H19ClN2O3. The van der Waals surface area contributed by atoms with E-state index in [2.05, 4.69) is 5.43 Å². The predicted octanol–water partition coefficient (Wildman–Crippen LogP) is 4.76. The number of halogens is 1. The number of hydrogen-bond acceptors (Lipinski definition) is 4. The summed E-state index contributed by atoms with van der Waals surface area (Å²) in [6, 6.07) is 15.7. The molecule has 2 aliphatic heterocycles. The molecule has 1 fully saturated rings. The Labute approximate surface area is 167 Å². The Morgan fingerprint density at radius 2 is 1.93 bits per heavy atom. The second-order valence-electron chi connectivity index (χ2n) is 7.69. The van der Waals surface area contributed by atoms with Crippen molar-refractivity contribution < 1.29 is 14.3 Å². The summed E-state index contributed by atoms with van der Waals surface area (Å²) in [5, 5.41) is 4.48. The fourth-order valence-corrected chi connectivity index (χ4v) is 4.12. The zero-order valence-corrected chi connectivity index (χ0v) is 16.5. The van der Waals surface area contributed by atoms with Crippen LogP contribution in [0.15, 0.2) is 48.5 Å². The number of carbonyl (C=O) groups is 1. The van der Waals surface area contributed by atoms with Crippen molar-refractivity contribution in [1.82, 2.24) is 5.43 Å². The highest BCUT2D eigenvalue weighted by molar-refractivity contribution is 6.31. The van der Waals surface area contributed by atoms with E-state index in [0.29, 0.717) is 5.02 Å². The molecule has 0 aliphatic carbocycles. The fraction of sp³-hybridized carbons (Fsp3) is 0.227. The molecule has 142 valence electrons. The summed E-state index contributed by atoms with van der Waals surface area (Å²) in [5.74, 6) is 1.41. The van der Waals surface area contributed by atoms with Gasteiger partial charge in [0.2, 0.25) is 12.1 Å². The van der Waals surface area contributed by atoms with Crippen molar-refractivity contribution in [3.05, 3.63) is 53.6 Å². The zero-order valence-electron chi connectivity index (χ0n) is 15.7.